The smallest absolute Gasteiger partial charge is 0.322 e. The largest absolute Gasteiger partial charge is 0.346 e. The number of carbonyl (C=O) groups is 2. The van der Waals surface area contributed by atoms with Crippen molar-refractivity contribution in [2.45, 2.75) is 52.5 Å². The Kier molecular flexibility index (Phi) is 3.01. The highest BCUT2D eigenvalue weighted by Gasteiger charge is 2.51. The van der Waals surface area contributed by atoms with Crippen LogP contribution < -0.4 is 5.32 Å². The fraction of sp³-hybridized carbons (Fsp3) is 0.688. The Morgan fingerprint density at radius 1 is 1.43 bits per heavy atom. The minimum absolute atomic E-state index is 0.270. The number of nitrogens with zero attached hydrogens (tertiary/aromatic N) is 2. The van der Waals surface area contributed by atoms with Crippen LogP contribution in [0.15, 0.2) is 16.8 Å². The van der Waals surface area contributed by atoms with Gasteiger partial charge in [0, 0.05) is 0 Å². The van der Waals surface area contributed by atoms with E-state index in [1.54, 1.807) is 13.1 Å². The molecule has 0 spiro atoms. The Bertz CT molecular complexity index is 564. The second-order valence-corrected chi connectivity index (χ2v) is 7.22. The predicted molar refractivity (Wildman–Crippen MR) is 80.6 cm³/mol. The van der Waals surface area contributed by atoms with Gasteiger partial charge in [0.25, 0.3) is 5.91 Å². The minimum Gasteiger partial charge on any atom is -0.322 e. The molecule has 5 nitrogen and oxygen atoms in total. The van der Waals surface area contributed by atoms with Crippen LogP contribution in [0.1, 0.15) is 47.0 Å². The number of fused-ring (bicyclic) bond motifs is 1. The first kappa shape index (κ1) is 14.3. The maximum Gasteiger partial charge on any atom is 0.346 e. The van der Waals surface area contributed by atoms with Gasteiger partial charge in [-0.25, -0.2) is 4.79 Å². The number of hydrazone groups is 1. The van der Waals surface area contributed by atoms with E-state index >= 15 is 0 Å². The zero-order chi connectivity index (χ0) is 15.4. The molecule has 1 saturated carbocycles. The zero-order valence-electron chi connectivity index (χ0n) is 13.1. The van der Waals surface area contributed by atoms with Gasteiger partial charge >= 0.3 is 6.03 Å². The summed E-state index contributed by atoms with van der Waals surface area (Å²) < 4.78 is 0. The summed E-state index contributed by atoms with van der Waals surface area (Å²) in [6, 6.07) is -0.428. The van der Waals surface area contributed by atoms with Crippen LogP contribution >= 0.6 is 0 Å². The van der Waals surface area contributed by atoms with Crippen molar-refractivity contribution < 1.29 is 9.59 Å². The van der Waals surface area contributed by atoms with Crippen LogP contribution in [0, 0.1) is 17.3 Å². The van der Waals surface area contributed by atoms with E-state index in [0.29, 0.717) is 17.8 Å². The third-order valence-corrected chi connectivity index (χ3v) is 5.78. The van der Waals surface area contributed by atoms with Gasteiger partial charge in [-0.2, -0.15) is 5.10 Å². The number of rotatable bonds is 3. The first-order valence-electron chi connectivity index (χ1n) is 7.70. The lowest BCUT2D eigenvalue weighted by Gasteiger charge is -2.55. The third-order valence-electron chi connectivity index (χ3n) is 5.78. The van der Waals surface area contributed by atoms with Gasteiger partial charge in [-0.05, 0) is 49.0 Å². The van der Waals surface area contributed by atoms with Crippen LogP contribution in [-0.2, 0) is 4.79 Å². The maximum atomic E-state index is 12.3. The quantitative estimate of drug-likeness (QED) is 0.641. The maximum absolute atomic E-state index is 12.3. The lowest BCUT2D eigenvalue weighted by Crippen LogP contribution is -2.48. The summed E-state index contributed by atoms with van der Waals surface area (Å²) in [7, 11) is 0. The Labute approximate surface area is 125 Å². The Hall–Kier alpha value is -1.65. The van der Waals surface area contributed by atoms with Crippen molar-refractivity contribution in [3.05, 3.63) is 11.6 Å². The van der Waals surface area contributed by atoms with Gasteiger partial charge in [-0.3, -0.25) is 4.79 Å². The number of imide groups is 1. The fourth-order valence-electron chi connectivity index (χ4n) is 3.68. The first-order valence-corrected chi connectivity index (χ1v) is 7.70. The standard InChI is InChI=1S/C16H23N3O2/c1-5-16(4)13(20)19(14(21)18-16)17-9-10-6-7-11-8-12(10)15(11,2)3/h6,9,11-12H,5,7-8H2,1-4H3,(H,18,21)/b17-9+/t11-,12+,16-/m0/s1. The highest BCUT2D eigenvalue weighted by molar-refractivity contribution is 6.07. The molecule has 0 aromatic rings. The SMILES string of the molecule is CC[C@]1(C)NC(=O)N(/N=C/C2=CC[C@H]3C[C@H]2C3(C)C)C1=O. The lowest BCUT2D eigenvalue weighted by molar-refractivity contribution is -0.130. The van der Waals surface area contributed by atoms with Crippen molar-refractivity contribution >= 4 is 18.2 Å². The van der Waals surface area contributed by atoms with E-state index in [4.69, 9.17) is 0 Å². The van der Waals surface area contributed by atoms with Crippen LogP contribution in [0.4, 0.5) is 4.79 Å². The second-order valence-electron chi connectivity index (χ2n) is 7.22. The number of hydrogen-bond donors (Lipinski definition) is 1. The van der Waals surface area contributed by atoms with E-state index in [0.717, 1.165) is 22.9 Å². The molecule has 5 heteroatoms. The molecule has 3 aliphatic carbocycles. The molecule has 1 N–H and O–H groups in total. The molecule has 0 unspecified atom stereocenters. The summed E-state index contributed by atoms with van der Waals surface area (Å²) in [5, 5.41) is 7.85. The Morgan fingerprint density at radius 2 is 2.14 bits per heavy atom. The van der Waals surface area contributed by atoms with Crippen molar-refractivity contribution in [1.29, 1.82) is 0 Å². The number of amides is 3. The van der Waals surface area contributed by atoms with E-state index in [9.17, 15) is 9.59 Å². The van der Waals surface area contributed by atoms with E-state index in [1.165, 1.54) is 6.42 Å². The molecule has 21 heavy (non-hydrogen) atoms. The van der Waals surface area contributed by atoms with Gasteiger partial charge in [-0.1, -0.05) is 26.8 Å². The molecular formula is C16H23N3O2. The molecule has 4 aliphatic rings. The molecular weight excluding hydrogens is 266 g/mol. The normalized spacial score (nSPS) is 37.5. The zero-order valence-corrected chi connectivity index (χ0v) is 13.1. The Balaban J connectivity index is 1.77. The van der Waals surface area contributed by atoms with Crippen molar-refractivity contribution in [1.82, 2.24) is 10.3 Å². The van der Waals surface area contributed by atoms with Crippen LogP contribution in [0.5, 0.6) is 0 Å². The fourth-order valence-corrected chi connectivity index (χ4v) is 3.68. The van der Waals surface area contributed by atoms with Crippen LogP contribution in [0.25, 0.3) is 0 Å². The van der Waals surface area contributed by atoms with Crippen LogP contribution in [-0.4, -0.2) is 28.7 Å². The van der Waals surface area contributed by atoms with Crippen molar-refractivity contribution in [2.24, 2.45) is 22.4 Å². The summed E-state index contributed by atoms with van der Waals surface area (Å²) >= 11 is 0. The molecule has 3 atom stereocenters. The molecule has 2 bridgehead atoms. The summed E-state index contributed by atoms with van der Waals surface area (Å²) in [6.45, 7) is 8.19. The monoisotopic (exact) mass is 289 g/mol. The third kappa shape index (κ3) is 1.93. The van der Waals surface area contributed by atoms with Gasteiger partial charge in [0.15, 0.2) is 0 Å². The molecule has 114 valence electrons. The summed E-state index contributed by atoms with van der Waals surface area (Å²) in [5.74, 6) is 0.992. The van der Waals surface area contributed by atoms with E-state index in [1.807, 2.05) is 6.92 Å². The predicted octanol–water partition coefficient (Wildman–Crippen LogP) is 2.69. The minimum atomic E-state index is -0.823. The molecule has 0 radical (unpaired) electrons. The van der Waals surface area contributed by atoms with Gasteiger partial charge in [0.2, 0.25) is 0 Å². The molecule has 4 rings (SSSR count). The number of hydrogen-bond acceptors (Lipinski definition) is 3. The van der Waals surface area contributed by atoms with Crippen molar-refractivity contribution in [3.63, 3.8) is 0 Å². The number of carbonyl (C=O) groups excluding carboxylic acids is 2. The van der Waals surface area contributed by atoms with Crippen molar-refractivity contribution in [2.75, 3.05) is 0 Å². The van der Waals surface area contributed by atoms with Gasteiger partial charge < -0.3 is 5.32 Å². The number of allylic oxidation sites excluding steroid dienone is 2. The van der Waals surface area contributed by atoms with Crippen LogP contribution in [0.2, 0.25) is 0 Å². The highest BCUT2D eigenvalue weighted by Crippen LogP contribution is 2.58. The van der Waals surface area contributed by atoms with Gasteiger partial charge in [0.1, 0.15) is 5.54 Å². The lowest BCUT2D eigenvalue weighted by atomic mass is 9.49. The molecule has 2 fully saturated rings. The highest BCUT2D eigenvalue weighted by atomic mass is 16.2. The molecule has 1 heterocycles. The average Bonchev–Trinajstić information content (AvgIpc) is 2.67. The summed E-state index contributed by atoms with van der Waals surface area (Å²) in [5.41, 5.74) is 0.648. The van der Waals surface area contributed by atoms with Crippen molar-refractivity contribution in [3.8, 4) is 0 Å². The molecule has 1 aliphatic heterocycles. The van der Waals surface area contributed by atoms with Gasteiger partial charge in [0.05, 0.1) is 6.21 Å². The Morgan fingerprint density at radius 3 is 2.67 bits per heavy atom. The molecule has 0 aromatic carbocycles. The topological polar surface area (TPSA) is 61.8 Å². The van der Waals surface area contributed by atoms with E-state index in [2.05, 4.69) is 30.3 Å². The first-order chi connectivity index (χ1) is 9.79. The summed E-state index contributed by atoms with van der Waals surface area (Å²) in [4.78, 5) is 24.2. The average molecular weight is 289 g/mol. The molecule has 3 amide bonds. The van der Waals surface area contributed by atoms with Gasteiger partial charge in [-0.15, -0.1) is 5.01 Å². The molecule has 0 aromatic heterocycles. The second kappa shape index (κ2) is 4.42. The number of nitrogens with one attached hydrogen (secondary N) is 1. The van der Waals surface area contributed by atoms with Crippen LogP contribution in [0.3, 0.4) is 0 Å². The summed E-state index contributed by atoms with van der Waals surface area (Å²) in [6.07, 6.45) is 6.73. The van der Waals surface area contributed by atoms with E-state index < -0.39 is 11.6 Å². The number of urea groups is 1. The van der Waals surface area contributed by atoms with E-state index in [-0.39, 0.29) is 5.91 Å². The molecule has 1 saturated heterocycles.